The number of rotatable bonds is 2. The van der Waals surface area contributed by atoms with Crippen molar-refractivity contribution in [2.45, 2.75) is 20.0 Å². The molecule has 0 rings (SSSR count). The first-order valence-corrected chi connectivity index (χ1v) is 3.03. The van der Waals surface area contributed by atoms with Gasteiger partial charge >= 0.3 is 23.1 Å². The maximum absolute atomic E-state index is 9.62. The molecule has 0 N–H and O–H groups in total. The van der Waals surface area contributed by atoms with Crippen molar-refractivity contribution in [2.75, 3.05) is 0 Å². The van der Waals surface area contributed by atoms with Gasteiger partial charge in [0.15, 0.2) is 0 Å². The third-order valence-corrected chi connectivity index (χ3v) is 0.891. The van der Waals surface area contributed by atoms with Crippen LogP contribution in [0.5, 0.6) is 0 Å². The van der Waals surface area contributed by atoms with Crippen LogP contribution in [0.15, 0.2) is 0 Å². The molecule has 5 heteroatoms. The molecular formula is C3H7MgO3P. The van der Waals surface area contributed by atoms with Crippen LogP contribution in [0.4, 0.5) is 0 Å². The van der Waals surface area contributed by atoms with Gasteiger partial charge in [-0.25, -0.2) is 0 Å². The Bertz CT molecular complexity index is 43.8. The molecule has 3 nitrogen and oxygen atoms in total. The predicted octanol–water partition coefficient (Wildman–Crippen LogP) is -1.02. The van der Waals surface area contributed by atoms with Gasteiger partial charge in [-0.2, -0.15) is 8.60 Å². The molecule has 0 aromatic heterocycles. The summed E-state index contributed by atoms with van der Waals surface area (Å²) in [6.45, 7) is 3.32. The summed E-state index contributed by atoms with van der Waals surface area (Å²) in [5, 5.41) is 0. The zero-order chi connectivity index (χ0) is 5.86. The van der Waals surface area contributed by atoms with E-state index in [1.165, 1.54) is 0 Å². The minimum Gasteiger partial charge on any atom is -0.820 e. The van der Waals surface area contributed by atoms with Crippen molar-refractivity contribution in [3.63, 3.8) is 0 Å². The van der Waals surface area contributed by atoms with Crippen LogP contribution in [0.3, 0.4) is 0 Å². The van der Waals surface area contributed by atoms with E-state index < -0.39 is 8.60 Å². The number of hydrogen-bond acceptors (Lipinski definition) is 3. The molecule has 44 valence electrons. The van der Waals surface area contributed by atoms with Gasteiger partial charge in [-0.1, -0.05) is 0 Å². The molecule has 0 aliphatic carbocycles. The monoisotopic (exact) mass is 146 g/mol. The summed E-state index contributed by atoms with van der Waals surface area (Å²) in [4.78, 5) is 19.2. The smallest absolute Gasteiger partial charge is 0.820 e. The zero-order valence-corrected chi connectivity index (χ0v) is 7.27. The van der Waals surface area contributed by atoms with Gasteiger partial charge in [0.2, 0.25) is 0 Å². The third kappa shape index (κ3) is 10.1. The van der Waals surface area contributed by atoms with E-state index in [0.717, 1.165) is 0 Å². The van der Waals surface area contributed by atoms with Gasteiger partial charge in [-0.05, 0) is 13.8 Å². The summed E-state index contributed by atoms with van der Waals surface area (Å²) in [6.07, 6.45) is -0.221. The molecule has 0 spiro atoms. The van der Waals surface area contributed by atoms with Crippen molar-refractivity contribution < 1.29 is 14.3 Å². The minimum absolute atomic E-state index is 0. The first-order chi connectivity index (χ1) is 3.13. The van der Waals surface area contributed by atoms with Crippen LogP contribution in [-0.4, -0.2) is 29.2 Å². The molecule has 0 aromatic carbocycles. The van der Waals surface area contributed by atoms with Crippen LogP contribution in [0.2, 0.25) is 0 Å². The second-order valence-corrected chi connectivity index (χ2v) is 2.04. The summed E-state index contributed by atoms with van der Waals surface area (Å²) in [5.41, 5.74) is 0. The first kappa shape index (κ1) is 11.8. The van der Waals surface area contributed by atoms with E-state index in [1.54, 1.807) is 13.8 Å². The van der Waals surface area contributed by atoms with Crippen LogP contribution in [0, 0.1) is 0 Å². The molecule has 0 aliphatic rings. The Balaban J connectivity index is 0. The maximum Gasteiger partial charge on any atom is 2.00 e. The van der Waals surface area contributed by atoms with Gasteiger partial charge in [0, 0.05) is 0 Å². The summed E-state index contributed by atoms with van der Waals surface area (Å²) in [7, 11) is -2.64. The molecule has 0 fully saturated rings. The van der Waals surface area contributed by atoms with Crippen molar-refractivity contribution in [3.8, 4) is 0 Å². The van der Waals surface area contributed by atoms with Crippen molar-refractivity contribution in [2.24, 2.45) is 0 Å². The molecule has 8 heavy (non-hydrogen) atoms. The predicted molar refractivity (Wildman–Crippen MR) is 28.9 cm³/mol. The normalized spacial score (nSPS) is 9.75. The fourth-order valence-electron chi connectivity index (χ4n) is 0.172. The van der Waals surface area contributed by atoms with Gasteiger partial charge in [0.25, 0.3) is 0 Å². The topological polar surface area (TPSA) is 55.3 Å². The molecule has 0 saturated heterocycles. The first-order valence-electron chi connectivity index (χ1n) is 1.94. The molecule has 0 aromatic rings. The van der Waals surface area contributed by atoms with Gasteiger partial charge in [0.1, 0.15) is 0 Å². The van der Waals surface area contributed by atoms with E-state index in [9.17, 15) is 9.79 Å². The van der Waals surface area contributed by atoms with Crippen LogP contribution in [0.1, 0.15) is 13.8 Å². The Morgan fingerprint density at radius 2 is 1.75 bits per heavy atom. The van der Waals surface area contributed by atoms with Crippen LogP contribution in [0.25, 0.3) is 0 Å². The van der Waals surface area contributed by atoms with E-state index in [2.05, 4.69) is 4.52 Å². The average Bonchev–Trinajstić information content (AvgIpc) is 1.27. The molecule has 0 aliphatic heterocycles. The Morgan fingerprint density at radius 3 is 1.75 bits per heavy atom. The summed E-state index contributed by atoms with van der Waals surface area (Å²) < 4.78 is 4.20. The van der Waals surface area contributed by atoms with Crippen LogP contribution < -0.4 is 9.79 Å². The molecule has 0 radical (unpaired) electrons. The third-order valence-electron chi connectivity index (χ3n) is 0.297. The Labute approximate surface area is 66.2 Å². The average molecular weight is 146 g/mol. The second-order valence-electron chi connectivity index (χ2n) is 1.38. The van der Waals surface area contributed by atoms with E-state index in [0.29, 0.717) is 0 Å². The zero-order valence-electron chi connectivity index (χ0n) is 4.96. The fraction of sp³-hybridized carbons (Fsp3) is 1.00. The molecule has 0 atom stereocenters. The summed E-state index contributed by atoms with van der Waals surface area (Å²) in [5.74, 6) is 0. The Morgan fingerprint density at radius 1 is 1.38 bits per heavy atom. The molecular weight excluding hydrogens is 139 g/mol. The maximum atomic E-state index is 9.62. The standard InChI is InChI=1S/C3H7O3P.Mg/c1-3(2)6-7(4)5;/h3H,1-2H3;/q-2;+2. The molecule has 0 heterocycles. The second kappa shape index (κ2) is 6.20. The molecule has 0 unspecified atom stereocenters. The number of hydrogen-bond donors (Lipinski definition) is 0. The van der Waals surface area contributed by atoms with Crippen molar-refractivity contribution >= 4 is 31.7 Å². The van der Waals surface area contributed by atoms with Crippen LogP contribution in [-0.2, 0) is 4.52 Å². The Kier molecular flexibility index (Phi) is 9.16. The van der Waals surface area contributed by atoms with E-state index in [1.807, 2.05) is 0 Å². The van der Waals surface area contributed by atoms with Crippen molar-refractivity contribution in [1.29, 1.82) is 0 Å². The SMILES string of the molecule is CC(C)OP([O-])[O-].[Mg+2]. The van der Waals surface area contributed by atoms with Crippen LogP contribution >= 0.6 is 8.60 Å². The summed E-state index contributed by atoms with van der Waals surface area (Å²) in [6, 6.07) is 0. The van der Waals surface area contributed by atoms with Crippen molar-refractivity contribution in [3.05, 3.63) is 0 Å². The largest absolute Gasteiger partial charge is 2.00 e. The minimum atomic E-state index is -2.64. The Hall–Kier alpha value is 1.08. The van der Waals surface area contributed by atoms with E-state index in [4.69, 9.17) is 0 Å². The summed E-state index contributed by atoms with van der Waals surface area (Å²) >= 11 is 0. The quantitative estimate of drug-likeness (QED) is 0.370. The molecule has 0 saturated carbocycles. The van der Waals surface area contributed by atoms with E-state index in [-0.39, 0.29) is 29.2 Å². The van der Waals surface area contributed by atoms with Gasteiger partial charge < -0.3 is 14.3 Å². The van der Waals surface area contributed by atoms with Gasteiger partial charge in [-0.15, -0.1) is 0 Å². The van der Waals surface area contributed by atoms with Crippen molar-refractivity contribution in [1.82, 2.24) is 0 Å². The van der Waals surface area contributed by atoms with Gasteiger partial charge in [-0.3, -0.25) is 0 Å². The molecule has 0 bridgehead atoms. The molecule has 0 amide bonds. The van der Waals surface area contributed by atoms with Gasteiger partial charge in [0.05, 0.1) is 6.10 Å². The van der Waals surface area contributed by atoms with E-state index >= 15 is 0 Å². The fourth-order valence-corrected chi connectivity index (χ4v) is 0.516.